The number of benzene rings is 1. The Labute approximate surface area is 142 Å². The molecule has 0 aliphatic heterocycles. The van der Waals surface area contributed by atoms with Crippen molar-refractivity contribution >= 4 is 11.6 Å². The van der Waals surface area contributed by atoms with Gasteiger partial charge in [-0.1, -0.05) is 35.9 Å². The number of hydrogen-bond acceptors (Lipinski definition) is 1. The summed E-state index contributed by atoms with van der Waals surface area (Å²) in [4.78, 5) is 4.94. The maximum Gasteiger partial charge on any atom is 0.0595 e. The van der Waals surface area contributed by atoms with Gasteiger partial charge in [-0.2, -0.15) is 0 Å². The quantitative estimate of drug-likeness (QED) is 0.628. The SMILES string of the molecule is Clc1cnc2c(c1)-c1ccccc1C21C2CC3CC(C2)CC1C3. The van der Waals surface area contributed by atoms with Crippen LogP contribution in [0.4, 0.5) is 0 Å². The van der Waals surface area contributed by atoms with E-state index in [0.717, 1.165) is 28.7 Å². The molecule has 116 valence electrons. The van der Waals surface area contributed by atoms with Crippen molar-refractivity contribution in [1.29, 1.82) is 0 Å². The van der Waals surface area contributed by atoms with Gasteiger partial charge in [-0.3, -0.25) is 4.98 Å². The molecule has 0 unspecified atom stereocenters. The van der Waals surface area contributed by atoms with Crippen LogP contribution in [-0.4, -0.2) is 4.98 Å². The number of pyridine rings is 1. The highest BCUT2D eigenvalue weighted by Gasteiger charge is 2.62. The van der Waals surface area contributed by atoms with Crippen molar-refractivity contribution in [3.05, 3.63) is 52.8 Å². The second-order valence-electron chi connectivity index (χ2n) is 8.27. The molecule has 1 heterocycles. The number of fused-ring (bicyclic) bond motifs is 3. The van der Waals surface area contributed by atoms with E-state index in [4.69, 9.17) is 16.6 Å². The zero-order valence-corrected chi connectivity index (χ0v) is 13.9. The first kappa shape index (κ1) is 13.0. The molecular weight excluding hydrogens is 302 g/mol. The predicted octanol–water partition coefficient (Wildman–Crippen LogP) is 5.46. The van der Waals surface area contributed by atoms with Gasteiger partial charge in [0.05, 0.1) is 10.7 Å². The van der Waals surface area contributed by atoms with Gasteiger partial charge >= 0.3 is 0 Å². The second-order valence-corrected chi connectivity index (χ2v) is 8.71. The number of halogens is 1. The van der Waals surface area contributed by atoms with Crippen molar-refractivity contribution in [2.45, 2.75) is 37.5 Å². The molecule has 1 aromatic carbocycles. The van der Waals surface area contributed by atoms with Crippen LogP contribution in [-0.2, 0) is 5.41 Å². The molecule has 1 aromatic heterocycles. The van der Waals surface area contributed by atoms with Crippen LogP contribution in [0.5, 0.6) is 0 Å². The minimum Gasteiger partial charge on any atom is -0.258 e. The Morgan fingerprint density at radius 2 is 1.61 bits per heavy atom. The number of aromatic nitrogens is 1. The first-order valence-corrected chi connectivity index (χ1v) is 9.40. The predicted molar refractivity (Wildman–Crippen MR) is 92.5 cm³/mol. The monoisotopic (exact) mass is 321 g/mol. The standard InChI is InChI=1S/C21H20ClN/c22-16-10-18-17-3-1-2-4-19(17)21(20(18)23-11-16)14-6-12-5-13(8-14)9-15(21)7-12/h1-4,10-15H,5-9H2. The van der Waals surface area contributed by atoms with Gasteiger partial charge in [0.2, 0.25) is 0 Å². The Hall–Kier alpha value is -1.34. The number of hydrogen-bond donors (Lipinski definition) is 0. The number of rotatable bonds is 0. The molecule has 1 spiro atoms. The summed E-state index contributed by atoms with van der Waals surface area (Å²) in [5.74, 6) is 3.53. The molecule has 5 aliphatic rings. The average molecular weight is 322 g/mol. The Morgan fingerprint density at radius 3 is 2.35 bits per heavy atom. The second kappa shape index (κ2) is 4.19. The van der Waals surface area contributed by atoms with E-state index < -0.39 is 0 Å². The zero-order chi connectivity index (χ0) is 15.2. The van der Waals surface area contributed by atoms with Crippen molar-refractivity contribution in [2.75, 3.05) is 0 Å². The fraction of sp³-hybridized carbons (Fsp3) is 0.476. The molecule has 0 amide bonds. The van der Waals surface area contributed by atoms with Crippen LogP contribution >= 0.6 is 11.6 Å². The smallest absolute Gasteiger partial charge is 0.0595 e. The van der Waals surface area contributed by atoms with E-state index in [1.165, 1.54) is 48.9 Å². The van der Waals surface area contributed by atoms with Crippen molar-refractivity contribution in [2.24, 2.45) is 23.7 Å². The molecule has 4 saturated carbocycles. The van der Waals surface area contributed by atoms with Gasteiger partial charge in [-0.15, -0.1) is 0 Å². The van der Waals surface area contributed by atoms with Crippen LogP contribution in [0, 0.1) is 23.7 Å². The lowest BCUT2D eigenvalue weighted by Gasteiger charge is -2.60. The first-order chi connectivity index (χ1) is 11.3. The van der Waals surface area contributed by atoms with Gasteiger partial charge in [0.1, 0.15) is 0 Å². The molecule has 0 saturated heterocycles. The Balaban J connectivity index is 1.68. The summed E-state index contributed by atoms with van der Waals surface area (Å²) in [6, 6.07) is 11.2. The summed E-state index contributed by atoms with van der Waals surface area (Å²) in [7, 11) is 0. The van der Waals surface area contributed by atoms with E-state index in [0.29, 0.717) is 0 Å². The van der Waals surface area contributed by atoms with Crippen LogP contribution in [0.1, 0.15) is 43.4 Å². The van der Waals surface area contributed by atoms with Crippen molar-refractivity contribution in [1.82, 2.24) is 4.98 Å². The largest absolute Gasteiger partial charge is 0.258 e. The molecule has 7 rings (SSSR count). The van der Waals surface area contributed by atoms with Gasteiger partial charge < -0.3 is 0 Å². The zero-order valence-electron chi connectivity index (χ0n) is 13.1. The van der Waals surface area contributed by atoms with E-state index in [2.05, 4.69) is 30.3 Å². The summed E-state index contributed by atoms with van der Waals surface area (Å²) in [6.07, 6.45) is 9.00. The van der Waals surface area contributed by atoms with E-state index in [9.17, 15) is 0 Å². The third-order valence-electron chi connectivity index (χ3n) is 7.34. The summed E-state index contributed by atoms with van der Waals surface area (Å²) >= 11 is 6.31. The Kier molecular flexibility index (Phi) is 2.37. The first-order valence-electron chi connectivity index (χ1n) is 9.02. The van der Waals surface area contributed by atoms with Crippen molar-refractivity contribution in [3.8, 4) is 11.1 Å². The lowest BCUT2D eigenvalue weighted by Crippen LogP contribution is -2.55. The van der Waals surface area contributed by atoms with Crippen LogP contribution in [0.2, 0.25) is 5.02 Å². The normalized spacial score (nSPS) is 38.8. The van der Waals surface area contributed by atoms with Crippen molar-refractivity contribution < 1.29 is 0 Å². The molecule has 5 aliphatic carbocycles. The summed E-state index contributed by atoms with van der Waals surface area (Å²) in [6.45, 7) is 0. The highest BCUT2D eigenvalue weighted by Crippen LogP contribution is 2.68. The highest BCUT2D eigenvalue weighted by atomic mass is 35.5. The van der Waals surface area contributed by atoms with Gasteiger partial charge in [-0.05, 0) is 73.0 Å². The molecule has 2 heteroatoms. The topological polar surface area (TPSA) is 12.9 Å². The fourth-order valence-electron chi connectivity index (χ4n) is 6.93. The Morgan fingerprint density at radius 1 is 0.913 bits per heavy atom. The highest BCUT2D eigenvalue weighted by molar-refractivity contribution is 6.30. The minimum atomic E-state index is 0.184. The maximum atomic E-state index is 6.31. The van der Waals surface area contributed by atoms with Crippen LogP contribution in [0.3, 0.4) is 0 Å². The van der Waals surface area contributed by atoms with Crippen LogP contribution in [0.15, 0.2) is 36.5 Å². The van der Waals surface area contributed by atoms with E-state index in [1.807, 2.05) is 6.20 Å². The molecule has 0 atom stereocenters. The van der Waals surface area contributed by atoms with Crippen LogP contribution in [0.25, 0.3) is 11.1 Å². The van der Waals surface area contributed by atoms with E-state index in [-0.39, 0.29) is 5.41 Å². The van der Waals surface area contributed by atoms with E-state index >= 15 is 0 Å². The molecule has 4 bridgehead atoms. The lowest BCUT2D eigenvalue weighted by molar-refractivity contribution is -0.0415. The fourth-order valence-corrected chi connectivity index (χ4v) is 7.09. The third kappa shape index (κ3) is 1.44. The Bertz CT molecular complexity index is 796. The van der Waals surface area contributed by atoms with Crippen molar-refractivity contribution in [3.63, 3.8) is 0 Å². The minimum absolute atomic E-state index is 0.184. The summed E-state index contributed by atoms with van der Waals surface area (Å²) < 4.78 is 0. The van der Waals surface area contributed by atoms with Crippen LogP contribution < -0.4 is 0 Å². The van der Waals surface area contributed by atoms with Gasteiger partial charge in [-0.25, -0.2) is 0 Å². The molecule has 2 aromatic rings. The molecule has 23 heavy (non-hydrogen) atoms. The molecule has 0 radical (unpaired) electrons. The maximum absolute atomic E-state index is 6.31. The van der Waals surface area contributed by atoms with Gasteiger partial charge in [0, 0.05) is 17.2 Å². The molecule has 4 fully saturated rings. The molecular formula is C21H20ClN. The molecule has 1 nitrogen and oxygen atoms in total. The summed E-state index contributed by atoms with van der Waals surface area (Å²) in [5.41, 5.74) is 5.78. The van der Waals surface area contributed by atoms with E-state index in [1.54, 1.807) is 5.56 Å². The lowest BCUT2D eigenvalue weighted by atomic mass is 9.43. The third-order valence-corrected chi connectivity index (χ3v) is 7.54. The number of nitrogens with zero attached hydrogens (tertiary/aromatic N) is 1. The average Bonchev–Trinajstić information content (AvgIpc) is 2.83. The molecule has 0 N–H and O–H groups in total. The summed E-state index contributed by atoms with van der Waals surface area (Å²) in [5, 5.41) is 0.763. The van der Waals surface area contributed by atoms with Gasteiger partial charge in [0.25, 0.3) is 0 Å². The van der Waals surface area contributed by atoms with Gasteiger partial charge in [0.15, 0.2) is 0 Å².